The third-order valence-corrected chi connectivity index (χ3v) is 5.49. The zero-order valence-corrected chi connectivity index (χ0v) is 19.0. The Kier molecular flexibility index (Phi) is 7.14. The third kappa shape index (κ3) is 5.59. The van der Waals surface area contributed by atoms with Gasteiger partial charge >= 0.3 is 0 Å². The van der Waals surface area contributed by atoms with Crippen LogP contribution in [0, 0.1) is 6.92 Å². The molecule has 0 aliphatic carbocycles. The van der Waals surface area contributed by atoms with E-state index in [4.69, 9.17) is 16.3 Å². The second-order valence-electron chi connectivity index (χ2n) is 6.02. The fourth-order valence-electron chi connectivity index (χ4n) is 2.42. The molecule has 1 aromatic carbocycles. The number of ether oxygens (including phenoxy) is 1. The van der Waals surface area contributed by atoms with Crippen molar-refractivity contribution >= 4 is 49.4 Å². The van der Waals surface area contributed by atoms with Gasteiger partial charge in [0.05, 0.1) is 14.6 Å². The third-order valence-electron chi connectivity index (χ3n) is 3.86. The number of carbonyl (C=O) groups excluding carboxylic acids is 1. The number of halogens is 3. The van der Waals surface area contributed by atoms with Crippen LogP contribution in [0.5, 0.6) is 5.75 Å². The molecule has 2 heterocycles. The highest BCUT2D eigenvalue weighted by molar-refractivity contribution is 9.10. The Morgan fingerprint density at radius 2 is 2.04 bits per heavy atom. The summed E-state index contributed by atoms with van der Waals surface area (Å²) in [4.78, 5) is 12.2. The normalized spacial score (nSPS) is 10.9. The van der Waals surface area contributed by atoms with Gasteiger partial charge in [-0.2, -0.15) is 10.2 Å². The van der Waals surface area contributed by atoms with E-state index >= 15 is 0 Å². The number of benzene rings is 1. The molecule has 0 atom stereocenters. The fraction of sp³-hybridized carbons (Fsp3) is 0.278. The van der Waals surface area contributed by atoms with Crippen molar-refractivity contribution in [3.63, 3.8) is 0 Å². The summed E-state index contributed by atoms with van der Waals surface area (Å²) < 4.78 is 10.8. The van der Waals surface area contributed by atoms with Crippen molar-refractivity contribution in [2.75, 3.05) is 6.54 Å². The minimum absolute atomic E-state index is 0.182. The average Bonchev–Trinajstić information content (AvgIpc) is 3.25. The molecular weight excluding hydrogens is 513 g/mol. The summed E-state index contributed by atoms with van der Waals surface area (Å²) in [7, 11) is 0. The molecule has 0 saturated heterocycles. The Hall–Kier alpha value is -1.84. The maximum absolute atomic E-state index is 12.2. The second-order valence-corrected chi connectivity index (χ2v) is 8.17. The lowest BCUT2D eigenvalue weighted by molar-refractivity contribution is 0.0945. The molecule has 0 fully saturated rings. The molecule has 0 bridgehead atoms. The van der Waals surface area contributed by atoms with Gasteiger partial charge in [0.2, 0.25) is 0 Å². The smallest absolute Gasteiger partial charge is 0.271 e. The minimum atomic E-state index is -0.218. The highest BCUT2D eigenvalue weighted by Crippen LogP contribution is 2.28. The summed E-state index contributed by atoms with van der Waals surface area (Å²) in [5, 5.41) is 12.1. The van der Waals surface area contributed by atoms with E-state index in [-0.39, 0.29) is 12.6 Å². The van der Waals surface area contributed by atoms with Crippen LogP contribution in [0.15, 0.2) is 45.6 Å². The first-order valence-corrected chi connectivity index (χ1v) is 10.5. The molecule has 0 spiro atoms. The number of aryl methyl sites for hydroxylation is 2. The molecule has 28 heavy (non-hydrogen) atoms. The molecule has 2 aromatic heterocycles. The molecule has 148 valence electrons. The lowest BCUT2D eigenvalue weighted by Crippen LogP contribution is -2.26. The SMILES string of the molecule is Cc1nn(CCCNC(=O)c2ccn(COc3ccc(Cl)cc3Br)n2)cc1Br. The average molecular weight is 532 g/mol. The van der Waals surface area contributed by atoms with E-state index in [1.807, 2.05) is 17.8 Å². The molecule has 1 amide bonds. The van der Waals surface area contributed by atoms with Gasteiger partial charge in [0, 0.05) is 30.5 Å². The standard InChI is InChI=1S/C18H18Br2ClN5O2/c1-12-15(20)10-25(23-12)7-2-6-22-18(27)16-5-8-26(24-16)11-28-17-4-3-13(21)9-14(17)19/h3-5,8-10H,2,6-7,11H2,1H3,(H,22,27). The molecule has 0 radical (unpaired) electrons. The Balaban J connectivity index is 1.44. The summed E-state index contributed by atoms with van der Waals surface area (Å²) in [6.45, 7) is 3.39. The van der Waals surface area contributed by atoms with Gasteiger partial charge in [-0.15, -0.1) is 0 Å². The second kappa shape index (κ2) is 9.58. The lowest BCUT2D eigenvalue weighted by Gasteiger charge is -2.08. The molecule has 0 unspecified atom stereocenters. The number of nitrogens with one attached hydrogen (secondary N) is 1. The van der Waals surface area contributed by atoms with Crippen LogP contribution in [-0.4, -0.2) is 32.0 Å². The van der Waals surface area contributed by atoms with Crippen LogP contribution in [0.2, 0.25) is 5.02 Å². The van der Waals surface area contributed by atoms with Gasteiger partial charge < -0.3 is 10.1 Å². The summed E-state index contributed by atoms with van der Waals surface area (Å²) >= 11 is 12.7. The van der Waals surface area contributed by atoms with Crippen LogP contribution >= 0.6 is 43.5 Å². The van der Waals surface area contributed by atoms with Gasteiger partial charge in [0.1, 0.15) is 11.4 Å². The maximum Gasteiger partial charge on any atom is 0.271 e. The van der Waals surface area contributed by atoms with Crippen LogP contribution < -0.4 is 10.1 Å². The maximum atomic E-state index is 12.2. The van der Waals surface area contributed by atoms with E-state index in [0.717, 1.165) is 27.6 Å². The Morgan fingerprint density at radius 1 is 1.21 bits per heavy atom. The lowest BCUT2D eigenvalue weighted by atomic mass is 10.3. The first kappa shape index (κ1) is 20.9. The molecule has 1 N–H and O–H groups in total. The predicted octanol–water partition coefficient (Wildman–Crippen LogP) is 4.42. The van der Waals surface area contributed by atoms with E-state index < -0.39 is 0 Å². The fourth-order valence-corrected chi connectivity index (χ4v) is 3.54. The number of nitrogens with zero attached hydrogens (tertiary/aromatic N) is 4. The van der Waals surface area contributed by atoms with Crippen molar-refractivity contribution in [1.29, 1.82) is 0 Å². The van der Waals surface area contributed by atoms with Crippen molar-refractivity contribution in [3.05, 3.63) is 62.0 Å². The van der Waals surface area contributed by atoms with Gasteiger partial charge in [0.15, 0.2) is 6.73 Å². The molecule has 0 aliphatic rings. The molecule has 0 aliphatic heterocycles. The van der Waals surface area contributed by atoms with Crippen LogP contribution in [0.3, 0.4) is 0 Å². The van der Waals surface area contributed by atoms with Gasteiger partial charge in [-0.25, -0.2) is 4.68 Å². The number of amides is 1. The quantitative estimate of drug-likeness (QED) is 0.437. The van der Waals surface area contributed by atoms with Crippen molar-refractivity contribution in [1.82, 2.24) is 24.9 Å². The van der Waals surface area contributed by atoms with E-state index in [9.17, 15) is 4.79 Å². The first-order chi connectivity index (χ1) is 13.4. The highest BCUT2D eigenvalue weighted by Gasteiger charge is 2.10. The number of carbonyl (C=O) groups is 1. The van der Waals surface area contributed by atoms with Crippen molar-refractivity contribution in [2.24, 2.45) is 0 Å². The molecule has 0 saturated carbocycles. The Morgan fingerprint density at radius 3 is 2.75 bits per heavy atom. The van der Waals surface area contributed by atoms with Gasteiger partial charge in [-0.05, 0) is 69.5 Å². The van der Waals surface area contributed by atoms with Crippen molar-refractivity contribution < 1.29 is 9.53 Å². The summed E-state index contributed by atoms with van der Waals surface area (Å²) in [5.74, 6) is 0.427. The Labute approximate surface area is 184 Å². The van der Waals surface area contributed by atoms with Gasteiger partial charge in [-0.3, -0.25) is 9.48 Å². The molecule has 7 nitrogen and oxygen atoms in total. The van der Waals surface area contributed by atoms with Crippen LogP contribution in [0.25, 0.3) is 0 Å². The topological polar surface area (TPSA) is 74.0 Å². The zero-order chi connectivity index (χ0) is 20.1. The summed E-state index contributed by atoms with van der Waals surface area (Å²) in [6.07, 6.45) is 4.40. The first-order valence-electron chi connectivity index (χ1n) is 8.51. The predicted molar refractivity (Wildman–Crippen MR) is 114 cm³/mol. The Bertz CT molecular complexity index is 953. The number of hydrogen-bond acceptors (Lipinski definition) is 4. The van der Waals surface area contributed by atoms with Crippen LogP contribution in [0.4, 0.5) is 0 Å². The van der Waals surface area contributed by atoms with Crippen LogP contribution in [-0.2, 0) is 13.3 Å². The minimum Gasteiger partial charge on any atom is -0.470 e. The number of aromatic nitrogens is 4. The van der Waals surface area contributed by atoms with Crippen LogP contribution in [0.1, 0.15) is 22.6 Å². The van der Waals surface area contributed by atoms with Crippen molar-refractivity contribution in [3.8, 4) is 5.75 Å². The zero-order valence-electron chi connectivity index (χ0n) is 15.0. The van der Waals surface area contributed by atoms with E-state index in [1.165, 1.54) is 0 Å². The highest BCUT2D eigenvalue weighted by atomic mass is 79.9. The summed E-state index contributed by atoms with van der Waals surface area (Å²) in [6, 6.07) is 6.92. The van der Waals surface area contributed by atoms with Crippen molar-refractivity contribution in [2.45, 2.75) is 26.6 Å². The summed E-state index contributed by atoms with van der Waals surface area (Å²) in [5.41, 5.74) is 1.29. The molecule has 3 aromatic rings. The largest absolute Gasteiger partial charge is 0.470 e. The number of rotatable bonds is 8. The van der Waals surface area contributed by atoms with E-state index in [2.05, 4.69) is 47.4 Å². The van der Waals surface area contributed by atoms with E-state index in [1.54, 1.807) is 35.1 Å². The van der Waals surface area contributed by atoms with E-state index in [0.29, 0.717) is 23.0 Å². The monoisotopic (exact) mass is 529 g/mol. The van der Waals surface area contributed by atoms with Gasteiger partial charge in [0.25, 0.3) is 5.91 Å². The number of hydrogen-bond donors (Lipinski definition) is 1. The van der Waals surface area contributed by atoms with Gasteiger partial charge in [-0.1, -0.05) is 11.6 Å². The molecular formula is C18H18Br2ClN5O2. The molecule has 3 rings (SSSR count). The molecule has 10 heteroatoms.